The Hall–Kier alpha value is -0.730. The minimum absolute atomic E-state index is 0.482. The highest BCUT2D eigenvalue weighted by Crippen LogP contribution is 2.39. The molecule has 0 radical (unpaired) electrons. The van der Waals surface area contributed by atoms with Gasteiger partial charge in [-0.25, -0.2) is 0 Å². The molecule has 3 nitrogen and oxygen atoms in total. The smallest absolute Gasteiger partial charge is 0.195 e. The number of rotatable bonds is 3. The fourth-order valence-electron chi connectivity index (χ4n) is 2.85. The van der Waals surface area contributed by atoms with Gasteiger partial charge in [-0.05, 0) is 24.7 Å². The zero-order valence-corrected chi connectivity index (χ0v) is 12.3. The van der Waals surface area contributed by atoms with Gasteiger partial charge in [-0.2, -0.15) is 0 Å². The van der Waals surface area contributed by atoms with Crippen LogP contribution in [0.2, 0.25) is 0 Å². The van der Waals surface area contributed by atoms with E-state index in [1.807, 2.05) is 0 Å². The summed E-state index contributed by atoms with van der Waals surface area (Å²) in [6.07, 6.45) is 8.19. The zero-order valence-electron chi connectivity index (χ0n) is 12.3. The highest BCUT2D eigenvalue weighted by Gasteiger charge is 2.30. The van der Waals surface area contributed by atoms with E-state index < -0.39 is 0 Å². The van der Waals surface area contributed by atoms with Crippen molar-refractivity contribution in [1.82, 2.24) is 9.80 Å². The van der Waals surface area contributed by atoms with Gasteiger partial charge in [-0.3, -0.25) is 4.99 Å². The summed E-state index contributed by atoms with van der Waals surface area (Å²) in [4.78, 5) is 9.06. The molecule has 3 heteroatoms. The van der Waals surface area contributed by atoms with Crippen molar-refractivity contribution in [3.63, 3.8) is 0 Å². The average molecular weight is 239 g/mol. The number of hydrogen-bond donors (Lipinski definition) is 0. The SMILES string of the molecule is CCC1(CN=C(N(C)C)N(C)C)CCCCC1. The maximum atomic E-state index is 4.86. The summed E-state index contributed by atoms with van der Waals surface area (Å²) in [7, 11) is 8.27. The van der Waals surface area contributed by atoms with Crippen molar-refractivity contribution < 1.29 is 0 Å². The third-order valence-corrected chi connectivity index (χ3v) is 4.02. The third kappa shape index (κ3) is 3.90. The van der Waals surface area contributed by atoms with Crippen LogP contribution in [-0.4, -0.2) is 50.5 Å². The second kappa shape index (κ2) is 6.27. The molecule has 0 aromatic rings. The molecule has 0 spiro atoms. The molecule has 0 N–H and O–H groups in total. The van der Waals surface area contributed by atoms with Gasteiger partial charge in [-0.1, -0.05) is 26.2 Å². The van der Waals surface area contributed by atoms with E-state index in [2.05, 4.69) is 44.9 Å². The predicted molar refractivity (Wildman–Crippen MR) is 75.5 cm³/mol. The molecule has 0 aromatic carbocycles. The van der Waals surface area contributed by atoms with Gasteiger partial charge >= 0.3 is 0 Å². The van der Waals surface area contributed by atoms with Gasteiger partial charge in [-0.15, -0.1) is 0 Å². The Kier molecular flexibility index (Phi) is 5.29. The van der Waals surface area contributed by atoms with Crippen LogP contribution in [-0.2, 0) is 0 Å². The second-order valence-electron chi connectivity index (χ2n) is 5.82. The van der Waals surface area contributed by atoms with Crippen LogP contribution >= 0.6 is 0 Å². The van der Waals surface area contributed by atoms with E-state index in [4.69, 9.17) is 4.99 Å². The fraction of sp³-hybridized carbons (Fsp3) is 0.929. The summed E-state index contributed by atoms with van der Waals surface area (Å²) >= 11 is 0. The van der Waals surface area contributed by atoms with Gasteiger partial charge < -0.3 is 9.80 Å². The Balaban J connectivity index is 2.70. The van der Waals surface area contributed by atoms with Crippen LogP contribution in [0.5, 0.6) is 0 Å². The molecule has 1 rings (SSSR count). The van der Waals surface area contributed by atoms with E-state index >= 15 is 0 Å². The van der Waals surface area contributed by atoms with Crippen molar-refractivity contribution >= 4 is 5.96 Å². The molecule has 1 aliphatic carbocycles. The number of guanidine groups is 1. The first-order valence-corrected chi connectivity index (χ1v) is 6.90. The molecule has 0 aliphatic heterocycles. The highest BCUT2D eigenvalue weighted by molar-refractivity contribution is 5.79. The Morgan fingerprint density at radius 2 is 1.53 bits per heavy atom. The summed E-state index contributed by atoms with van der Waals surface area (Å²) < 4.78 is 0. The van der Waals surface area contributed by atoms with Crippen LogP contribution in [0.3, 0.4) is 0 Å². The van der Waals surface area contributed by atoms with E-state index in [1.165, 1.54) is 38.5 Å². The van der Waals surface area contributed by atoms with Gasteiger partial charge in [0.15, 0.2) is 5.96 Å². The Morgan fingerprint density at radius 1 is 1.00 bits per heavy atom. The second-order valence-corrected chi connectivity index (χ2v) is 5.82. The molecule has 0 amide bonds. The predicted octanol–water partition coefficient (Wildman–Crippen LogP) is 2.83. The standard InChI is InChI=1S/C14H29N3/c1-6-14(10-8-7-9-11-14)12-15-13(16(2)3)17(4)5/h6-12H2,1-5H3. The summed E-state index contributed by atoms with van der Waals surface area (Å²) in [5.74, 6) is 1.09. The van der Waals surface area contributed by atoms with Crippen molar-refractivity contribution in [2.75, 3.05) is 34.7 Å². The Bertz CT molecular complexity index is 240. The molecule has 0 saturated heterocycles. The largest absolute Gasteiger partial charge is 0.349 e. The molecule has 0 aromatic heterocycles. The van der Waals surface area contributed by atoms with Gasteiger partial charge in [0.05, 0.1) is 0 Å². The molecule has 17 heavy (non-hydrogen) atoms. The van der Waals surface area contributed by atoms with Crippen LogP contribution in [0.1, 0.15) is 45.4 Å². The first kappa shape index (κ1) is 14.3. The first-order valence-electron chi connectivity index (χ1n) is 6.90. The summed E-state index contributed by atoms with van der Waals surface area (Å²) in [5, 5.41) is 0. The monoisotopic (exact) mass is 239 g/mol. The van der Waals surface area contributed by atoms with Crippen molar-refractivity contribution in [1.29, 1.82) is 0 Å². The molecule has 0 heterocycles. The maximum absolute atomic E-state index is 4.86. The molecule has 0 bridgehead atoms. The molecular formula is C14H29N3. The van der Waals surface area contributed by atoms with Crippen molar-refractivity contribution in [2.24, 2.45) is 10.4 Å². The first-order chi connectivity index (χ1) is 8.01. The van der Waals surface area contributed by atoms with Crippen molar-refractivity contribution in [3.05, 3.63) is 0 Å². The van der Waals surface area contributed by atoms with Gasteiger partial charge in [0.25, 0.3) is 0 Å². The van der Waals surface area contributed by atoms with Gasteiger partial charge in [0.1, 0.15) is 0 Å². The molecular weight excluding hydrogens is 210 g/mol. The molecule has 1 saturated carbocycles. The molecule has 1 fully saturated rings. The normalized spacial score (nSPS) is 18.6. The molecule has 1 aliphatic rings. The Labute approximate surface area is 107 Å². The van der Waals surface area contributed by atoms with Crippen LogP contribution in [0, 0.1) is 5.41 Å². The fourth-order valence-corrected chi connectivity index (χ4v) is 2.85. The van der Waals surface area contributed by atoms with E-state index in [0.717, 1.165) is 12.5 Å². The van der Waals surface area contributed by atoms with Crippen LogP contribution in [0.4, 0.5) is 0 Å². The lowest BCUT2D eigenvalue weighted by Gasteiger charge is -2.36. The summed E-state index contributed by atoms with van der Waals surface area (Å²) in [6.45, 7) is 3.32. The van der Waals surface area contributed by atoms with E-state index in [0.29, 0.717) is 5.41 Å². The van der Waals surface area contributed by atoms with Crippen molar-refractivity contribution in [2.45, 2.75) is 45.4 Å². The van der Waals surface area contributed by atoms with E-state index in [1.54, 1.807) is 0 Å². The quantitative estimate of drug-likeness (QED) is 0.557. The maximum Gasteiger partial charge on any atom is 0.195 e. The Morgan fingerprint density at radius 3 is 1.94 bits per heavy atom. The summed E-state index contributed by atoms with van der Waals surface area (Å²) in [6, 6.07) is 0. The topological polar surface area (TPSA) is 18.8 Å². The zero-order chi connectivity index (χ0) is 12.9. The average Bonchev–Trinajstić information content (AvgIpc) is 2.29. The lowest BCUT2D eigenvalue weighted by atomic mass is 9.72. The molecule has 0 unspecified atom stereocenters. The molecule has 100 valence electrons. The van der Waals surface area contributed by atoms with E-state index in [-0.39, 0.29) is 0 Å². The number of nitrogens with zero attached hydrogens (tertiary/aromatic N) is 3. The lowest BCUT2D eigenvalue weighted by molar-refractivity contribution is 0.190. The van der Waals surface area contributed by atoms with Crippen LogP contribution in [0.15, 0.2) is 4.99 Å². The number of aliphatic imine (C=N–C) groups is 1. The third-order valence-electron chi connectivity index (χ3n) is 4.02. The van der Waals surface area contributed by atoms with Crippen molar-refractivity contribution in [3.8, 4) is 0 Å². The van der Waals surface area contributed by atoms with Gasteiger partial charge in [0.2, 0.25) is 0 Å². The minimum atomic E-state index is 0.482. The number of hydrogen-bond acceptors (Lipinski definition) is 1. The summed E-state index contributed by atoms with van der Waals surface area (Å²) in [5.41, 5.74) is 0.482. The van der Waals surface area contributed by atoms with Crippen LogP contribution < -0.4 is 0 Å². The highest BCUT2D eigenvalue weighted by atomic mass is 15.3. The van der Waals surface area contributed by atoms with Crippen LogP contribution in [0.25, 0.3) is 0 Å². The van der Waals surface area contributed by atoms with Gasteiger partial charge in [0, 0.05) is 34.7 Å². The minimum Gasteiger partial charge on any atom is -0.349 e. The molecule has 0 atom stereocenters. The van der Waals surface area contributed by atoms with E-state index in [9.17, 15) is 0 Å². The lowest BCUT2D eigenvalue weighted by Crippen LogP contribution is -2.37.